The maximum atomic E-state index is 12.4. The second kappa shape index (κ2) is 6.12. The maximum absolute atomic E-state index is 12.4. The summed E-state index contributed by atoms with van der Waals surface area (Å²) in [5, 5.41) is 12.4. The number of rotatable bonds is 3. The summed E-state index contributed by atoms with van der Waals surface area (Å²) in [6.07, 6.45) is 3.30. The monoisotopic (exact) mass is 405 g/mol. The van der Waals surface area contributed by atoms with Gasteiger partial charge < -0.3 is 24.1 Å². The lowest BCUT2D eigenvalue weighted by Crippen LogP contribution is -2.33. The van der Waals surface area contributed by atoms with Crippen molar-refractivity contribution in [2.45, 2.75) is 44.9 Å². The maximum Gasteiger partial charge on any atom is 0.246 e. The van der Waals surface area contributed by atoms with E-state index in [0.29, 0.717) is 39.7 Å². The van der Waals surface area contributed by atoms with Crippen molar-refractivity contribution in [3.8, 4) is 23.0 Å². The first-order chi connectivity index (χ1) is 14.2. The first kappa shape index (κ1) is 18.8. The molecule has 0 bridgehead atoms. The fourth-order valence-corrected chi connectivity index (χ4v) is 4.07. The molecule has 2 aliphatic heterocycles. The van der Waals surface area contributed by atoms with Crippen molar-refractivity contribution in [3.05, 3.63) is 77.6 Å². The lowest BCUT2D eigenvalue weighted by Gasteiger charge is -2.32. The number of benzene rings is 2. The van der Waals surface area contributed by atoms with Crippen LogP contribution in [-0.4, -0.2) is 21.7 Å². The minimum atomic E-state index is -1.59. The molecule has 0 spiro atoms. The van der Waals surface area contributed by atoms with Crippen molar-refractivity contribution < 1.29 is 24.1 Å². The molecule has 2 aliphatic rings. The Morgan fingerprint density at radius 2 is 1.23 bits per heavy atom. The van der Waals surface area contributed by atoms with Gasteiger partial charge in [0.1, 0.15) is 5.60 Å². The number of pyridine rings is 1. The Hall–Kier alpha value is -3.25. The third-order valence-electron chi connectivity index (χ3n) is 5.22. The predicted octanol–water partition coefficient (Wildman–Crippen LogP) is 4.38. The summed E-state index contributed by atoms with van der Waals surface area (Å²) in [5.74, 6) is 0.0815. The molecule has 3 heterocycles. The third kappa shape index (κ3) is 2.79. The van der Waals surface area contributed by atoms with Crippen LogP contribution in [0.2, 0.25) is 0 Å². The highest BCUT2D eigenvalue weighted by molar-refractivity contribution is 5.69. The summed E-state index contributed by atoms with van der Waals surface area (Å²) in [4.78, 5) is 4.11. The van der Waals surface area contributed by atoms with Gasteiger partial charge in [-0.1, -0.05) is 30.3 Å². The molecule has 5 rings (SSSR count). The van der Waals surface area contributed by atoms with E-state index < -0.39 is 17.2 Å². The molecule has 0 radical (unpaired) electrons. The topological polar surface area (TPSA) is 70.0 Å². The number of hydrogen-bond donors (Lipinski definition) is 1. The van der Waals surface area contributed by atoms with E-state index >= 15 is 0 Å². The zero-order chi connectivity index (χ0) is 21.1. The number of nitrogens with zero attached hydrogens (tertiary/aromatic N) is 1. The molecule has 1 aromatic heterocycles. The third-order valence-corrected chi connectivity index (χ3v) is 5.22. The fraction of sp³-hybridized carbons (Fsp3) is 0.292. The molecular weight excluding hydrogens is 382 g/mol. The van der Waals surface area contributed by atoms with E-state index in [2.05, 4.69) is 4.98 Å². The Labute approximate surface area is 175 Å². The lowest BCUT2D eigenvalue weighted by atomic mass is 9.79. The van der Waals surface area contributed by atoms with Gasteiger partial charge in [0.15, 0.2) is 23.0 Å². The van der Waals surface area contributed by atoms with Crippen LogP contribution in [0.3, 0.4) is 0 Å². The lowest BCUT2D eigenvalue weighted by molar-refractivity contribution is -0.0507. The van der Waals surface area contributed by atoms with Crippen LogP contribution in [-0.2, 0) is 5.60 Å². The predicted molar refractivity (Wildman–Crippen MR) is 110 cm³/mol. The zero-order valence-electron chi connectivity index (χ0n) is 17.3. The molecule has 0 aliphatic carbocycles. The van der Waals surface area contributed by atoms with Gasteiger partial charge >= 0.3 is 0 Å². The summed E-state index contributed by atoms with van der Waals surface area (Å²) >= 11 is 0. The number of aliphatic hydroxyl groups is 1. The first-order valence-corrected chi connectivity index (χ1v) is 9.86. The van der Waals surface area contributed by atoms with E-state index in [1.807, 2.05) is 58.0 Å². The molecule has 1 N–H and O–H groups in total. The van der Waals surface area contributed by atoms with Crippen LogP contribution in [0.4, 0.5) is 0 Å². The average molecular weight is 405 g/mol. The van der Waals surface area contributed by atoms with Crippen LogP contribution >= 0.6 is 0 Å². The van der Waals surface area contributed by atoms with Crippen molar-refractivity contribution in [1.82, 2.24) is 4.98 Å². The van der Waals surface area contributed by atoms with Crippen LogP contribution in [0.1, 0.15) is 44.4 Å². The highest BCUT2D eigenvalue weighted by Gasteiger charge is 2.49. The molecule has 2 aromatic carbocycles. The quantitative estimate of drug-likeness (QED) is 0.697. The molecule has 0 saturated carbocycles. The molecule has 6 nitrogen and oxygen atoms in total. The van der Waals surface area contributed by atoms with Crippen LogP contribution in [0.5, 0.6) is 23.0 Å². The smallest absolute Gasteiger partial charge is 0.246 e. The fourth-order valence-electron chi connectivity index (χ4n) is 4.07. The van der Waals surface area contributed by atoms with Gasteiger partial charge in [0, 0.05) is 46.2 Å². The Kier molecular flexibility index (Phi) is 3.83. The van der Waals surface area contributed by atoms with Crippen LogP contribution in [0.25, 0.3) is 0 Å². The van der Waals surface area contributed by atoms with Crippen molar-refractivity contribution in [3.63, 3.8) is 0 Å². The minimum absolute atomic E-state index is 0.434. The number of aromatic nitrogens is 1. The van der Waals surface area contributed by atoms with E-state index in [0.717, 1.165) is 0 Å². The summed E-state index contributed by atoms with van der Waals surface area (Å²) < 4.78 is 24.4. The summed E-state index contributed by atoms with van der Waals surface area (Å²) in [6.45, 7) is 7.28. The minimum Gasteiger partial charge on any atom is -0.449 e. The molecule has 1 unspecified atom stereocenters. The van der Waals surface area contributed by atoms with Gasteiger partial charge in [-0.3, -0.25) is 4.98 Å². The number of hydrogen-bond acceptors (Lipinski definition) is 6. The molecule has 1 atom stereocenters. The summed E-state index contributed by atoms with van der Waals surface area (Å²) in [5.41, 5.74) is 0.144. The Morgan fingerprint density at radius 3 is 1.77 bits per heavy atom. The highest BCUT2D eigenvalue weighted by atomic mass is 16.7. The van der Waals surface area contributed by atoms with E-state index in [9.17, 15) is 5.11 Å². The van der Waals surface area contributed by atoms with E-state index in [4.69, 9.17) is 18.9 Å². The molecule has 6 heteroatoms. The molecule has 154 valence electrons. The van der Waals surface area contributed by atoms with Gasteiger partial charge in [0.25, 0.3) is 0 Å². The molecule has 0 fully saturated rings. The molecule has 0 saturated heterocycles. The Morgan fingerprint density at radius 1 is 0.733 bits per heavy atom. The van der Waals surface area contributed by atoms with Crippen molar-refractivity contribution in [1.29, 1.82) is 0 Å². The molecule has 0 amide bonds. The first-order valence-electron chi connectivity index (χ1n) is 9.86. The number of ether oxygens (including phenoxy) is 4. The highest BCUT2D eigenvalue weighted by Crippen LogP contribution is 2.59. The Bertz CT molecular complexity index is 1030. The van der Waals surface area contributed by atoms with Crippen molar-refractivity contribution in [2.75, 3.05) is 0 Å². The van der Waals surface area contributed by atoms with E-state index in [1.165, 1.54) is 0 Å². The van der Waals surface area contributed by atoms with Gasteiger partial charge in [0.05, 0.1) is 5.56 Å². The summed E-state index contributed by atoms with van der Waals surface area (Å²) in [6, 6.07) is 14.7. The number of fused-ring (bicyclic) bond motifs is 2. The van der Waals surface area contributed by atoms with E-state index in [1.54, 1.807) is 30.6 Å². The SMILES string of the molecule is CC1(C)Oc2cc3c(c(C(O)(c4ccccc4)c4ccncc4)c2O1)OC(C)(C)O3. The average Bonchev–Trinajstić information content (AvgIpc) is 3.18. The van der Waals surface area contributed by atoms with Gasteiger partial charge in [0.2, 0.25) is 11.6 Å². The van der Waals surface area contributed by atoms with Gasteiger partial charge in [-0.2, -0.15) is 0 Å². The second-order valence-corrected chi connectivity index (χ2v) is 8.43. The molecule has 30 heavy (non-hydrogen) atoms. The summed E-state index contributed by atoms with van der Waals surface area (Å²) in [7, 11) is 0. The van der Waals surface area contributed by atoms with Gasteiger partial charge in [-0.25, -0.2) is 0 Å². The molecular formula is C24H23NO5. The largest absolute Gasteiger partial charge is 0.449 e. The molecule has 3 aromatic rings. The second-order valence-electron chi connectivity index (χ2n) is 8.43. The standard InChI is InChI=1S/C24H23NO5/c1-22(2)27-17-14-18-21(30-23(3,4)28-18)19(20(17)29-22)24(26,15-8-6-5-7-9-15)16-10-12-25-13-11-16/h5-14,26H,1-4H3. The van der Waals surface area contributed by atoms with Gasteiger partial charge in [-0.05, 0) is 23.3 Å². The van der Waals surface area contributed by atoms with Crippen molar-refractivity contribution in [2.24, 2.45) is 0 Å². The Balaban J connectivity index is 1.86. The normalized spacial score (nSPS) is 19.4. The van der Waals surface area contributed by atoms with Gasteiger partial charge in [-0.15, -0.1) is 0 Å². The van der Waals surface area contributed by atoms with Crippen LogP contribution in [0, 0.1) is 0 Å². The zero-order valence-corrected chi connectivity index (χ0v) is 17.3. The van der Waals surface area contributed by atoms with Crippen LogP contribution in [0.15, 0.2) is 60.9 Å². The van der Waals surface area contributed by atoms with Crippen LogP contribution < -0.4 is 18.9 Å². The van der Waals surface area contributed by atoms with Crippen molar-refractivity contribution >= 4 is 0 Å². The van der Waals surface area contributed by atoms with E-state index in [-0.39, 0.29) is 0 Å².